The molecule has 1 aliphatic rings. The minimum absolute atomic E-state index is 0.0484. The van der Waals surface area contributed by atoms with E-state index in [1.807, 2.05) is 68.0 Å². The molecule has 1 aliphatic carbocycles. The molecule has 482 valence electrons. The normalized spacial score (nSPS) is 12.7. The van der Waals surface area contributed by atoms with Gasteiger partial charge < -0.3 is 0 Å². The van der Waals surface area contributed by atoms with Crippen molar-refractivity contribution >= 4 is 114 Å². The van der Waals surface area contributed by atoms with E-state index in [9.17, 15) is 0 Å². The van der Waals surface area contributed by atoms with Crippen molar-refractivity contribution in [3.8, 4) is 93.3 Å². The van der Waals surface area contributed by atoms with Crippen LogP contribution in [0.25, 0.3) is 115 Å². The summed E-state index contributed by atoms with van der Waals surface area (Å²) in [5.41, 5.74) is 17.5. The molecule has 0 N–H and O–H groups in total. The first-order chi connectivity index (χ1) is 45.9. The fourth-order valence-electron chi connectivity index (χ4n) is 14.4. The van der Waals surface area contributed by atoms with Crippen molar-refractivity contribution in [1.29, 1.82) is 0 Å². The SMILES string of the molecule is CCCCCCCCc1ccc(-c2ccc(-c3ccc(-c4ccc(-c5ccc6c(c5)C(CCCCCCCC)(CCCCCCCC)c5cc(-c7ccc(-c8ccc(-c9ccc(-c%10ccc(CCCCCCCC)s%10)c%10nsnc9%10)s8)s7)ccc5-6)s4)s3)c3nsnc23)s1. The molecule has 0 amide bonds. The number of benzene rings is 4. The molecular weight excluding hydrogens is 1290 g/mol. The van der Waals surface area contributed by atoms with Crippen molar-refractivity contribution in [3.63, 3.8) is 0 Å². The van der Waals surface area contributed by atoms with Gasteiger partial charge in [0.25, 0.3) is 0 Å². The molecule has 0 aliphatic heterocycles. The monoisotopic (exact) mass is 1370 g/mol. The van der Waals surface area contributed by atoms with Gasteiger partial charge in [0.1, 0.15) is 22.1 Å². The number of hydrogen-bond acceptors (Lipinski definition) is 12. The van der Waals surface area contributed by atoms with Gasteiger partial charge in [-0.25, -0.2) is 0 Å². The van der Waals surface area contributed by atoms with Crippen molar-refractivity contribution < 1.29 is 0 Å². The average molecular weight is 1380 g/mol. The Labute approximate surface area is 586 Å². The summed E-state index contributed by atoms with van der Waals surface area (Å²) in [6, 6.07) is 52.4. The molecule has 0 saturated carbocycles. The maximum atomic E-state index is 4.93. The Kier molecular flexibility index (Phi) is 23.0. The number of hydrogen-bond donors (Lipinski definition) is 0. The third-order valence-corrected chi connectivity index (χ3v) is 27.8. The Morgan fingerprint density at radius 2 is 0.538 bits per heavy atom. The van der Waals surface area contributed by atoms with E-state index < -0.39 is 0 Å². The second-order valence-electron chi connectivity index (χ2n) is 26.1. The molecule has 12 heteroatoms. The van der Waals surface area contributed by atoms with Crippen LogP contribution < -0.4 is 0 Å². The number of aromatic nitrogens is 4. The number of thiophene rings is 6. The van der Waals surface area contributed by atoms with Crippen LogP contribution in [-0.4, -0.2) is 17.5 Å². The third-order valence-electron chi connectivity index (χ3n) is 19.5. The second-order valence-corrected chi connectivity index (χ2v) is 33.8. The van der Waals surface area contributed by atoms with Crippen LogP contribution in [0, 0.1) is 0 Å². The summed E-state index contributed by atoms with van der Waals surface area (Å²) < 4.78 is 19.7. The Balaban J connectivity index is 0.756. The summed E-state index contributed by atoms with van der Waals surface area (Å²) in [5.74, 6) is 0. The van der Waals surface area contributed by atoms with Crippen LogP contribution in [0.15, 0.2) is 133 Å². The van der Waals surface area contributed by atoms with Crippen molar-refractivity contribution in [1.82, 2.24) is 17.5 Å². The zero-order valence-corrected chi connectivity index (χ0v) is 61.6. The first kappa shape index (κ1) is 66.3. The Hall–Kier alpha value is -5.28. The first-order valence-corrected chi connectivity index (χ1v) is 41.7. The summed E-state index contributed by atoms with van der Waals surface area (Å²) in [4.78, 5) is 16.0. The van der Waals surface area contributed by atoms with Crippen LogP contribution in [0.4, 0.5) is 0 Å². The predicted octanol–water partition coefficient (Wildman–Crippen LogP) is 29.0. The molecule has 0 atom stereocenters. The van der Waals surface area contributed by atoms with Crippen molar-refractivity contribution in [2.75, 3.05) is 0 Å². The van der Waals surface area contributed by atoms with Crippen LogP contribution in [0.2, 0.25) is 0 Å². The number of aryl methyl sites for hydroxylation is 2. The second kappa shape index (κ2) is 32.2. The van der Waals surface area contributed by atoms with E-state index in [0.717, 1.165) is 34.9 Å². The van der Waals surface area contributed by atoms with E-state index in [4.69, 9.17) is 17.5 Å². The lowest BCUT2D eigenvalue weighted by Crippen LogP contribution is -2.25. The van der Waals surface area contributed by atoms with Crippen LogP contribution in [-0.2, 0) is 18.3 Å². The molecule has 4 aromatic carbocycles. The lowest BCUT2D eigenvalue weighted by Gasteiger charge is -2.33. The van der Waals surface area contributed by atoms with Crippen molar-refractivity contribution in [3.05, 3.63) is 154 Å². The summed E-state index contributed by atoms with van der Waals surface area (Å²) >= 11 is 14.2. The highest BCUT2D eigenvalue weighted by atomic mass is 32.1. The van der Waals surface area contributed by atoms with Gasteiger partial charge in [-0.05, 0) is 157 Å². The van der Waals surface area contributed by atoms with E-state index in [-0.39, 0.29) is 5.41 Å². The van der Waals surface area contributed by atoms with Crippen LogP contribution in [0.1, 0.15) is 216 Å². The number of nitrogens with zero attached hydrogens (tertiary/aromatic N) is 4. The van der Waals surface area contributed by atoms with Gasteiger partial charge in [0.15, 0.2) is 0 Å². The predicted molar refractivity (Wildman–Crippen MR) is 416 cm³/mol. The number of fused-ring (bicyclic) bond motifs is 5. The maximum absolute atomic E-state index is 4.93. The molecule has 0 unspecified atom stereocenters. The third kappa shape index (κ3) is 15.1. The Morgan fingerprint density at radius 1 is 0.258 bits per heavy atom. The molecule has 12 aromatic rings. The van der Waals surface area contributed by atoms with Gasteiger partial charge in [-0.3, -0.25) is 0 Å². The fraction of sp³-hybridized carbons (Fsp3) is 0.407. The standard InChI is InChI=1S/C81H90N4S8/c1-5-9-13-17-21-25-29-57-33-41-69(86-57)61-37-39-63(79-77(61)82-92-84-79)71-45-49-75(90-71)73-47-43-67(88-73)55-31-35-59-60-36-32-56(54-66(60)81(65(59)53-55,51-27-23-19-15-11-7-3)52-28-24-20-16-12-8-4)68-44-48-74(89-68)76-50-46-72(91-76)64-40-38-62(78-80(64)85-93-83-78)70-42-34-58(87-70)30-26-22-18-14-10-6-2/h31-50,53-54H,5-30,51-52H2,1-4H3. The lowest BCUT2D eigenvalue weighted by molar-refractivity contribution is 0.398. The first-order valence-electron chi connectivity index (χ1n) is 35.3. The summed E-state index contributed by atoms with van der Waals surface area (Å²) in [7, 11) is 0. The van der Waals surface area contributed by atoms with Gasteiger partial charge in [0.2, 0.25) is 0 Å². The number of rotatable bonds is 36. The smallest absolute Gasteiger partial charge is 0.114 e. The summed E-state index contributed by atoms with van der Waals surface area (Å²) in [5, 5.41) is 0. The Bertz CT molecular complexity index is 4080. The molecular formula is C81H90N4S8. The van der Waals surface area contributed by atoms with E-state index in [1.165, 1.54) is 293 Å². The minimum atomic E-state index is -0.0484. The van der Waals surface area contributed by atoms with E-state index in [0.29, 0.717) is 0 Å². The largest absolute Gasteiger partial charge is 0.172 e. The fourth-order valence-corrected chi connectivity index (χ4v) is 21.9. The van der Waals surface area contributed by atoms with Crippen LogP contribution >= 0.6 is 91.5 Å². The average Bonchev–Trinajstić information content (AvgIpc) is 1.57. The molecule has 0 bridgehead atoms. The molecule has 8 heterocycles. The molecule has 13 rings (SSSR count). The van der Waals surface area contributed by atoms with E-state index in [1.54, 1.807) is 11.1 Å². The maximum Gasteiger partial charge on any atom is 0.114 e. The summed E-state index contributed by atoms with van der Waals surface area (Å²) in [6.07, 6.45) is 36.3. The molecule has 0 fully saturated rings. The van der Waals surface area contributed by atoms with E-state index >= 15 is 0 Å². The van der Waals surface area contributed by atoms with Crippen LogP contribution in [0.3, 0.4) is 0 Å². The highest BCUT2D eigenvalue weighted by molar-refractivity contribution is 7.26. The van der Waals surface area contributed by atoms with Gasteiger partial charge in [0.05, 0.1) is 23.5 Å². The topological polar surface area (TPSA) is 51.6 Å². The molecule has 0 saturated heterocycles. The Morgan fingerprint density at radius 3 is 0.903 bits per heavy atom. The quantitative estimate of drug-likeness (QED) is 0.0367. The van der Waals surface area contributed by atoms with Crippen molar-refractivity contribution in [2.24, 2.45) is 0 Å². The zero-order valence-electron chi connectivity index (χ0n) is 55.1. The number of unbranched alkanes of at least 4 members (excludes halogenated alkanes) is 20. The zero-order chi connectivity index (χ0) is 63.4. The van der Waals surface area contributed by atoms with Gasteiger partial charge in [-0.15, -0.1) is 68.0 Å². The highest BCUT2D eigenvalue weighted by Gasteiger charge is 2.43. The van der Waals surface area contributed by atoms with Gasteiger partial charge >= 0.3 is 0 Å². The van der Waals surface area contributed by atoms with Crippen molar-refractivity contribution in [2.45, 2.75) is 213 Å². The van der Waals surface area contributed by atoms with Gasteiger partial charge in [-0.2, -0.15) is 17.5 Å². The van der Waals surface area contributed by atoms with Gasteiger partial charge in [0, 0.05) is 86.2 Å². The molecule has 4 nitrogen and oxygen atoms in total. The summed E-state index contributed by atoms with van der Waals surface area (Å²) in [6.45, 7) is 9.26. The minimum Gasteiger partial charge on any atom is -0.172 e. The van der Waals surface area contributed by atoms with E-state index in [2.05, 4.69) is 161 Å². The molecule has 8 aromatic heterocycles. The molecule has 0 spiro atoms. The lowest BCUT2D eigenvalue weighted by atomic mass is 9.70. The highest BCUT2D eigenvalue weighted by Crippen LogP contribution is 2.57. The van der Waals surface area contributed by atoms with Gasteiger partial charge in [-0.1, -0.05) is 217 Å². The van der Waals surface area contributed by atoms with Crippen LogP contribution in [0.5, 0.6) is 0 Å². The molecule has 0 radical (unpaired) electrons. The molecule has 93 heavy (non-hydrogen) atoms.